The number of piperidine rings is 1. The third-order valence-corrected chi connectivity index (χ3v) is 9.29. The number of nitrogens with zero attached hydrogens (tertiary/aromatic N) is 2. The summed E-state index contributed by atoms with van der Waals surface area (Å²) in [6.07, 6.45) is 1.45. The first-order valence-corrected chi connectivity index (χ1v) is 13.8. The van der Waals surface area contributed by atoms with Crippen LogP contribution in [0.15, 0.2) is 52.3 Å². The Morgan fingerprint density at radius 3 is 2.12 bits per heavy atom. The molecule has 0 unspecified atom stereocenters. The zero-order valence-electron chi connectivity index (χ0n) is 18.5. The van der Waals surface area contributed by atoms with Gasteiger partial charge in [-0.25, -0.2) is 16.8 Å². The molecule has 2 heterocycles. The molecule has 0 radical (unpaired) electrons. The largest absolute Gasteiger partial charge is 0.326 e. The molecule has 0 atom stereocenters. The zero-order valence-corrected chi connectivity index (χ0v) is 20.1. The van der Waals surface area contributed by atoms with Crippen LogP contribution in [-0.4, -0.2) is 70.2 Å². The smallest absolute Gasteiger partial charge is 0.261 e. The van der Waals surface area contributed by atoms with E-state index in [4.69, 9.17) is 0 Å². The number of benzene rings is 2. The van der Waals surface area contributed by atoms with Crippen LogP contribution in [0.25, 0.3) is 0 Å². The molecule has 34 heavy (non-hydrogen) atoms. The average Bonchev–Trinajstić information content (AvgIpc) is 3.02. The van der Waals surface area contributed by atoms with E-state index in [1.54, 1.807) is 6.07 Å². The normalized spacial score (nSPS) is 17.6. The van der Waals surface area contributed by atoms with E-state index in [1.807, 2.05) is 0 Å². The molecule has 2 aliphatic rings. The molecule has 0 aromatic heterocycles. The summed E-state index contributed by atoms with van der Waals surface area (Å²) >= 11 is 0. The summed E-state index contributed by atoms with van der Waals surface area (Å²) < 4.78 is 51.5. The molecule has 2 aromatic carbocycles. The maximum Gasteiger partial charge on any atom is 0.261 e. The first-order valence-electron chi connectivity index (χ1n) is 10.5. The molecule has 2 aromatic rings. The Kier molecular flexibility index (Phi) is 6.08. The third-order valence-electron chi connectivity index (χ3n) is 6.05. The van der Waals surface area contributed by atoms with Gasteiger partial charge in [0.25, 0.3) is 11.8 Å². The lowest BCUT2D eigenvalue weighted by atomic mass is 9.97. The number of hydrogen-bond acceptors (Lipinski definition) is 7. The second kappa shape index (κ2) is 8.60. The van der Waals surface area contributed by atoms with Crippen LogP contribution in [0.4, 0.5) is 5.69 Å². The number of anilines is 1. The number of carbonyl (C=O) groups excluding carboxylic acids is 3. The molecule has 1 N–H and O–H groups in total. The van der Waals surface area contributed by atoms with Gasteiger partial charge in [0, 0.05) is 38.0 Å². The van der Waals surface area contributed by atoms with Gasteiger partial charge in [0.15, 0.2) is 9.84 Å². The van der Waals surface area contributed by atoms with Crippen LogP contribution in [0.1, 0.15) is 33.6 Å². The summed E-state index contributed by atoms with van der Waals surface area (Å²) in [5, 5.41) is 2.74. The molecule has 0 bridgehead atoms. The van der Waals surface area contributed by atoms with E-state index in [0.29, 0.717) is 5.69 Å². The van der Waals surface area contributed by atoms with Crippen molar-refractivity contribution in [3.05, 3.63) is 53.6 Å². The van der Waals surface area contributed by atoms with Gasteiger partial charge in [-0.1, -0.05) is 12.1 Å². The Morgan fingerprint density at radius 1 is 0.912 bits per heavy atom. The number of sulfone groups is 1. The van der Waals surface area contributed by atoms with E-state index in [2.05, 4.69) is 5.32 Å². The third kappa shape index (κ3) is 4.24. The monoisotopic (exact) mass is 505 g/mol. The van der Waals surface area contributed by atoms with Crippen LogP contribution in [-0.2, 0) is 24.7 Å². The number of sulfonamides is 1. The van der Waals surface area contributed by atoms with Gasteiger partial charge in [-0.05, 0) is 43.2 Å². The van der Waals surface area contributed by atoms with Gasteiger partial charge in [0.1, 0.15) is 4.90 Å². The average molecular weight is 506 g/mol. The highest BCUT2D eigenvalue weighted by molar-refractivity contribution is 7.93. The maximum atomic E-state index is 13.1. The quantitative estimate of drug-likeness (QED) is 0.606. The fraction of sp³-hybridized carbons (Fsp3) is 0.318. The Balaban J connectivity index is 1.44. The summed E-state index contributed by atoms with van der Waals surface area (Å²) in [4.78, 5) is 37.4. The molecular formula is C22H23N3O7S2. The van der Waals surface area contributed by atoms with Crippen molar-refractivity contribution in [2.75, 3.05) is 31.7 Å². The van der Waals surface area contributed by atoms with Crippen LogP contribution in [0.5, 0.6) is 0 Å². The number of hydrogen-bond donors (Lipinski definition) is 1. The predicted molar refractivity (Wildman–Crippen MR) is 123 cm³/mol. The minimum Gasteiger partial charge on any atom is -0.326 e. The Hall–Kier alpha value is -3.09. The van der Waals surface area contributed by atoms with Gasteiger partial charge >= 0.3 is 0 Å². The van der Waals surface area contributed by atoms with Gasteiger partial charge < -0.3 is 5.32 Å². The topological polar surface area (TPSA) is 138 Å². The lowest BCUT2D eigenvalue weighted by molar-refractivity contribution is -0.120. The Labute approximate surface area is 197 Å². The summed E-state index contributed by atoms with van der Waals surface area (Å²) in [5.41, 5.74) is 0.867. The van der Waals surface area contributed by atoms with Gasteiger partial charge in [-0.15, -0.1) is 0 Å². The zero-order chi connectivity index (χ0) is 24.8. The van der Waals surface area contributed by atoms with E-state index in [1.165, 1.54) is 47.8 Å². The lowest BCUT2D eigenvalue weighted by Gasteiger charge is -2.31. The summed E-state index contributed by atoms with van der Waals surface area (Å²) in [6, 6.07) is 9.95. The van der Waals surface area contributed by atoms with Crippen molar-refractivity contribution in [1.29, 1.82) is 0 Å². The summed E-state index contributed by atoms with van der Waals surface area (Å²) in [6.45, 7) is 0.112. The molecule has 3 amide bonds. The lowest BCUT2D eigenvalue weighted by Crippen LogP contribution is -2.41. The highest BCUT2D eigenvalue weighted by Crippen LogP contribution is 2.29. The molecular weight excluding hydrogens is 482 g/mol. The van der Waals surface area contributed by atoms with Crippen molar-refractivity contribution < 1.29 is 31.2 Å². The molecule has 10 nitrogen and oxygen atoms in total. The molecule has 1 saturated heterocycles. The summed E-state index contributed by atoms with van der Waals surface area (Å²) in [7, 11) is -6.42. The van der Waals surface area contributed by atoms with E-state index >= 15 is 0 Å². The number of carbonyl (C=O) groups is 3. The highest BCUT2D eigenvalue weighted by atomic mass is 32.2. The number of amides is 3. The van der Waals surface area contributed by atoms with Crippen molar-refractivity contribution in [1.82, 2.24) is 9.21 Å². The first kappa shape index (κ1) is 24.0. The Morgan fingerprint density at radius 2 is 1.50 bits per heavy atom. The Bertz CT molecular complexity index is 1410. The van der Waals surface area contributed by atoms with Crippen molar-refractivity contribution in [3.63, 3.8) is 0 Å². The van der Waals surface area contributed by atoms with Crippen LogP contribution < -0.4 is 5.32 Å². The van der Waals surface area contributed by atoms with Gasteiger partial charge in [-0.3, -0.25) is 19.3 Å². The van der Waals surface area contributed by atoms with Crippen molar-refractivity contribution in [2.45, 2.75) is 22.6 Å². The van der Waals surface area contributed by atoms with Gasteiger partial charge in [-0.2, -0.15) is 4.31 Å². The maximum absolute atomic E-state index is 13.1. The minimum atomic E-state index is -4.06. The molecule has 1 fully saturated rings. The number of imide groups is 1. The van der Waals surface area contributed by atoms with Gasteiger partial charge in [0.2, 0.25) is 15.9 Å². The van der Waals surface area contributed by atoms with Gasteiger partial charge in [0.05, 0.1) is 16.0 Å². The van der Waals surface area contributed by atoms with Crippen LogP contribution >= 0.6 is 0 Å². The number of nitrogens with one attached hydrogen (secondary N) is 1. The second-order valence-electron chi connectivity index (χ2n) is 8.32. The summed E-state index contributed by atoms with van der Waals surface area (Å²) in [5.74, 6) is -1.63. The SMILES string of the molecule is CN1C(=O)c2ccc(NC(=O)C3CCN(S(=O)(=O)c4ccccc4S(C)(=O)=O)CC3)cc2C1=O. The molecule has 2 aliphatic heterocycles. The molecule has 12 heteroatoms. The first-order chi connectivity index (χ1) is 15.9. The van der Waals surface area contributed by atoms with Crippen molar-refractivity contribution >= 4 is 43.3 Å². The molecule has 0 aliphatic carbocycles. The fourth-order valence-electron chi connectivity index (χ4n) is 4.15. The van der Waals surface area contributed by atoms with Crippen molar-refractivity contribution in [2.24, 2.45) is 5.92 Å². The molecule has 0 spiro atoms. The molecule has 0 saturated carbocycles. The van der Waals surface area contributed by atoms with E-state index in [9.17, 15) is 31.2 Å². The molecule has 180 valence electrons. The van der Waals surface area contributed by atoms with Crippen LogP contribution in [0.2, 0.25) is 0 Å². The second-order valence-corrected chi connectivity index (χ2v) is 12.2. The van der Waals surface area contributed by atoms with E-state index in [0.717, 1.165) is 11.2 Å². The van der Waals surface area contributed by atoms with E-state index in [-0.39, 0.29) is 52.8 Å². The van der Waals surface area contributed by atoms with Crippen LogP contribution in [0, 0.1) is 5.92 Å². The number of fused-ring (bicyclic) bond motifs is 1. The highest BCUT2D eigenvalue weighted by Gasteiger charge is 2.35. The predicted octanol–water partition coefficient (Wildman–Crippen LogP) is 1.36. The number of rotatable bonds is 5. The standard InChI is InChI=1S/C22H23N3O7S2/c1-24-21(27)16-8-7-15(13-17(16)22(24)28)23-20(26)14-9-11-25(12-10-14)34(31,32)19-6-4-3-5-18(19)33(2,29)30/h3-8,13-14H,9-12H2,1-2H3,(H,23,26). The van der Waals surface area contributed by atoms with Crippen molar-refractivity contribution in [3.8, 4) is 0 Å². The molecule has 4 rings (SSSR count). The van der Waals surface area contributed by atoms with Crippen LogP contribution in [0.3, 0.4) is 0 Å². The minimum absolute atomic E-state index is 0.0560. The van der Waals surface area contributed by atoms with E-state index < -0.39 is 37.6 Å². The fourth-order valence-corrected chi connectivity index (χ4v) is 7.22.